The number of likely N-dealkylation sites (tertiary alicyclic amines) is 1. The highest BCUT2D eigenvalue weighted by Crippen LogP contribution is 2.39. The molecule has 0 bridgehead atoms. The molecule has 18 heavy (non-hydrogen) atoms. The van der Waals surface area contributed by atoms with E-state index in [4.69, 9.17) is 9.47 Å². The summed E-state index contributed by atoms with van der Waals surface area (Å²) in [5.74, 6) is 0. The van der Waals surface area contributed by atoms with E-state index in [0.29, 0.717) is 12.0 Å². The van der Waals surface area contributed by atoms with E-state index in [2.05, 4.69) is 4.90 Å². The molecule has 1 unspecified atom stereocenters. The lowest BCUT2D eigenvalue weighted by atomic mass is 9.80. The number of methoxy groups -OCH3 is 1. The van der Waals surface area contributed by atoms with Gasteiger partial charge in [-0.15, -0.1) is 0 Å². The van der Waals surface area contributed by atoms with Crippen molar-refractivity contribution in [2.75, 3.05) is 40.0 Å². The quantitative estimate of drug-likeness (QED) is 0.823. The third-order valence-electron chi connectivity index (χ3n) is 4.83. The Balaban J connectivity index is 1.85. The molecule has 0 aliphatic carbocycles. The van der Waals surface area contributed by atoms with Gasteiger partial charge in [-0.25, -0.2) is 0 Å². The van der Waals surface area contributed by atoms with Crippen molar-refractivity contribution in [3.05, 3.63) is 0 Å². The van der Waals surface area contributed by atoms with E-state index in [0.717, 1.165) is 26.3 Å². The molecule has 4 nitrogen and oxygen atoms in total. The Morgan fingerprint density at radius 2 is 2.00 bits per heavy atom. The highest BCUT2D eigenvalue weighted by Gasteiger charge is 2.40. The SMILES string of the molecule is COC(C)(C)C(O)CN1CCC2(CCOCC2)C1. The third kappa shape index (κ3) is 3.05. The monoisotopic (exact) mass is 257 g/mol. The number of aliphatic hydroxyl groups excluding tert-OH is 1. The molecule has 0 aromatic rings. The zero-order valence-electron chi connectivity index (χ0n) is 11.9. The van der Waals surface area contributed by atoms with Gasteiger partial charge in [0, 0.05) is 33.4 Å². The number of β-amino-alcohol motifs (C(OH)–C–C–N with tert-alkyl or cyclic N) is 1. The lowest BCUT2D eigenvalue weighted by molar-refractivity contribution is -0.0873. The molecule has 2 aliphatic heterocycles. The van der Waals surface area contributed by atoms with Gasteiger partial charge in [-0.2, -0.15) is 0 Å². The van der Waals surface area contributed by atoms with Gasteiger partial charge in [-0.05, 0) is 45.1 Å². The normalized spacial score (nSPS) is 26.7. The first-order chi connectivity index (χ1) is 8.47. The standard InChI is InChI=1S/C14H27NO3/c1-13(2,17-3)12(16)10-15-7-4-14(11-15)5-8-18-9-6-14/h12,16H,4-11H2,1-3H3. The molecule has 1 atom stereocenters. The minimum atomic E-state index is -0.467. The number of rotatable bonds is 4. The molecule has 2 rings (SSSR count). The molecule has 2 fully saturated rings. The minimum Gasteiger partial charge on any atom is -0.389 e. The predicted octanol–water partition coefficient (Wildman–Crippen LogP) is 1.27. The van der Waals surface area contributed by atoms with Gasteiger partial charge in [0.15, 0.2) is 0 Å². The molecular formula is C14H27NO3. The second-order valence-electron chi connectivity index (χ2n) is 6.42. The number of ether oxygens (including phenoxy) is 2. The molecule has 106 valence electrons. The van der Waals surface area contributed by atoms with Crippen LogP contribution in [0.5, 0.6) is 0 Å². The summed E-state index contributed by atoms with van der Waals surface area (Å²) in [5.41, 5.74) is -0.0133. The first-order valence-corrected chi connectivity index (χ1v) is 7.01. The fraction of sp³-hybridized carbons (Fsp3) is 1.00. The Morgan fingerprint density at radius 1 is 1.33 bits per heavy atom. The maximum Gasteiger partial charge on any atom is 0.0950 e. The van der Waals surface area contributed by atoms with Crippen molar-refractivity contribution in [2.24, 2.45) is 5.41 Å². The van der Waals surface area contributed by atoms with Crippen molar-refractivity contribution < 1.29 is 14.6 Å². The molecular weight excluding hydrogens is 230 g/mol. The van der Waals surface area contributed by atoms with E-state index < -0.39 is 11.7 Å². The predicted molar refractivity (Wildman–Crippen MR) is 70.6 cm³/mol. The first-order valence-electron chi connectivity index (χ1n) is 7.01. The summed E-state index contributed by atoms with van der Waals surface area (Å²) in [4.78, 5) is 2.39. The molecule has 2 saturated heterocycles. The molecule has 4 heteroatoms. The van der Waals surface area contributed by atoms with Crippen LogP contribution in [0.2, 0.25) is 0 Å². The minimum absolute atomic E-state index is 0.433. The zero-order chi connectivity index (χ0) is 13.2. The van der Waals surface area contributed by atoms with Crippen molar-refractivity contribution in [1.29, 1.82) is 0 Å². The van der Waals surface area contributed by atoms with E-state index in [-0.39, 0.29) is 0 Å². The Bertz CT molecular complexity index is 274. The maximum absolute atomic E-state index is 10.2. The summed E-state index contributed by atoms with van der Waals surface area (Å²) in [6.45, 7) is 8.60. The lowest BCUT2D eigenvalue weighted by Gasteiger charge is -2.35. The summed E-state index contributed by atoms with van der Waals surface area (Å²) >= 11 is 0. The van der Waals surface area contributed by atoms with Crippen LogP contribution in [0.15, 0.2) is 0 Å². The van der Waals surface area contributed by atoms with Crippen LogP contribution in [0.4, 0.5) is 0 Å². The average Bonchev–Trinajstić information content (AvgIpc) is 2.73. The van der Waals surface area contributed by atoms with Gasteiger partial charge in [0.05, 0.1) is 11.7 Å². The van der Waals surface area contributed by atoms with Gasteiger partial charge in [-0.3, -0.25) is 0 Å². The van der Waals surface area contributed by atoms with Crippen LogP contribution < -0.4 is 0 Å². The Kier molecular flexibility index (Phi) is 4.32. The Labute approximate surface area is 110 Å². The first kappa shape index (κ1) is 14.3. The summed E-state index contributed by atoms with van der Waals surface area (Å²) in [5, 5.41) is 10.2. The van der Waals surface area contributed by atoms with E-state index in [1.165, 1.54) is 19.3 Å². The molecule has 2 aliphatic rings. The van der Waals surface area contributed by atoms with Crippen molar-refractivity contribution in [3.8, 4) is 0 Å². The average molecular weight is 257 g/mol. The highest BCUT2D eigenvalue weighted by molar-refractivity contribution is 4.93. The van der Waals surface area contributed by atoms with E-state index in [1.54, 1.807) is 7.11 Å². The summed E-state index contributed by atoms with van der Waals surface area (Å²) < 4.78 is 10.8. The number of hydrogen-bond acceptors (Lipinski definition) is 4. The molecule has 0 saturated carbocycles. The molecule has 0 aromatic heterocycles. The Morgan fingerprint density at radius 3 is 2.61 bits per heavy atom. The van der Waals surface area contributed by atoms with Crippen molar-refractivity contribution in [1.82, 2.24) is 4.90 Å². The van der Waals surface area contributed by atoms with Crippen molar-refractivity contribution in [2.45, 2.75) is 44.8 Å². The molecule has 2 heterocycles. The molecule has 1 spiro atoms. The molecule has 1 N–H and O–H groups in total. The molecule has 0 amide bonds. The van der Waals surface area contributed by atoms with Crippen LogP contribution in [0, 0.1) is 5.41 Å². The maximum atomic E-state index is 10.2. The van der Waals surface area contributed by atoms with Crippen molar-refractivity contribution in [3.63, 3.8) is 0 Å². The van der Waals surface area contributed by atoms with Gasteiger partial charge >= 0.3 is 0 Å². The van der Waals surface area contributed by atoms with Gasteiger partial charge in [-0.1, -0.05) is 0 Å². The van der Waals surface area contributed by atoms with Gasteiger partial charge in [0.2, 0.25) is 0 Å². The lowest BCUT2D eigenvalue weighted by Crippen LogP contribution is -2.46. The summed E-state index contributed by atoms with van der Waals surface area (Å²) in [6, 6.07) is 0. The summed E-state index contributed by atoms with van der Waals surface area (Å²) in [6.07, 6.45) is 3.16. The van der Waals surface area contributed by atoms with Crippen LogP contribution in [0.25, 0.3) is 0 Å². The molecule has 0 radical (unpaired) electrons. The van der Waals surface area contributed by atoms with Crippen LogP contribution in [0.1, 0.15) is 33.1 Å². The highest BCUT2D eigenvalue weighted by atomic mass is 16.5. The zero-order valence-corrected chi connectivity index (χ0v) is 11.9. The van der Waals surface area contributed by atoms with Crippen LogP contribution in [-0.2, 0) is 9.47 Å². The third-order valence-corrected chi connectivity index (χ3v) is 4.83. The van der Waals surface area contributed by atoms with Gasteiger partial charge in [0.1, 0.15) is 0 Å². The van der Waals surface area contributed by atoms with E-state index in [9.17, 15) is 5.11 Å². The molecule has 0 aromatic carbocycles. The van der Waals surface area contributed by atoms with E-state index >= 15 is 0 Å². The van der Waals surface area contributed by atoms with Crippen molar-refractivity contribution >= 4 is 0 Å². The van der Waals surface area contributed by atoms with Crippen LogP contribution in [0.3, 0.4) is 0 Å². The summed E-state index contributed by atoms with van der Waals surface area (Å²) in [7, 11) is 1.66. The van der Waals surface area contributed by atoms with Crippen LogP contribution >= 0.6 is 0 Å². The van der Waals surface area contributed by atoms with Gasteiger partial charge in [0.25, 0.3) is 0 Å². The number of hydrogen-bond donors (Lipinski definition) is 1. The number of aliphatic hydroxyl groups is 1. The topological polar surface area (TPSA) is 41.9 Å². The second kappa shape index (κ2) is 5.45. The second-order valence-corrected chi connectivity index (χ2v) is 6.42. The fourth-order valence-corrected chi connectivity index (χ4v) is 3.00. The fourth-order valence-electron chi connectivity index (χ4n) is 3.00. The smallest absolute Gasteiger partial charge is 0.0950 e. The van der Waals surface area contributed by atoms with E-state index in [1.807, 2.05) is 13.8 Å². The van der Waals surface area contributed by atoms with Crippen LogP contribution in [-0.4, -0.2) is 61.7 Å². The largest absolute Gasteiger partial charge is 0.389 e. The number of nitrogens with zero attached hydrogens (tertiary/aromatic N) is 1. The Hall–Kier alpha value is -0.160. The van der Waals surface area contributed by atoms with Gasteiger partial charge < -0.3 is 19.5 Å².